The molecular weight excluding hydrogens is 272 g/mol. The van der Waals surface area contributed by atoms with Crippen molar-refractivity contribution >= 4 is 11.3 Å². The van der Waals surface area contributed by atoms with Gasteiger partial charge in [0.1, 0.15) is 5.01 Å². The van der Waals surface area contributed by atoms with E-state index in [-0.39, 0.29) is 5.79 Å². The van der Waals surface area contributed by atoms with E-state index in [2.05, 4.69) is 15.7 Å². The van der Waals surface area contributed by atoms with E-state index in [1.165, 1.54) is 17.8 Å². The van der Waals surface area contributed by atoms with E-state index in [0.29, 0.717) is 12.1 Å². The largest absolute Gasteiger partial charge is 0.348 e. The molecule has 1 aliphatic heterocycles. The van der Waals surface area contributed by atoms with Crippen LogP contribution in [-0.4, -0.2) is 30.0 Å². The number of hydrogen-bond donors (Lipinski definition) is 1. The molecule has 1 spiro atoms. The number of ether oxygens (including phenoxy) is 2. The summed E-state index contributed by atoms with van der Waals surface area (Å²) in [7, 11) is 0. The van der Waals surface area contributed by atoms with E-state index >= 15 is 0 Å². The molecule has 5 heteroatoms. The summed E-state index contributed by atoms with van der Waals surface area (Å²) in [6, 6.07) is 1.06. The zero-order valence-electron chi connectivity index (χ0n) is 11.7. The van der Waals surface area contributed by atoms with Crippen molar-refractivity contribution in [2.24, 2.45) is 5.92 Å². The highest BCUT2D eigenvalue weighted by Crippen LogP contribution is 2.43. The summed E-state index contributed by atoms with van der Waals surface area (Å²) in [5.41, 5.74) is 0. The van der Waals surface area contributed by atoms with Crippen LogP contribution < -0.4 is 5.32 Å². The molecular formula is C15H22N2O2S. The molecule has 0 radical (unpaired) electrons. The molecule has 0 aromatic carbocycles. The molecule has 1 aromatic heterocycles. The fourth-order valence-electron chi connectivity index (χ4n) is 3.49. The quantitative estimate of drug-likeness (QED) is 0.927. The molecule has 3 fully saturated rings. The highest BCUT2D eigenvalue weighted by Gasteiger charge is 2.42. The summed E-state index contributed by atoms with van der Waals surface area (Å²) >= 11 is 1.78. The molecule has 2 aliphatic carbocycles. The lowest BCUT2D eigenvalue weighted by Gasteiger charge is -2.37. The number of aromatic nitrogens is 1. The molecule has 1 unspecified atom stereocenters. The van der Waals surface area contributed by atoms with Crippen LogP contribution in [0, 0.1) is 5.92 Å². The van der Waals surface area contributed by atoms with Gasteiger partial charge in [0.05, 0.1) is 19.3 Å². The zero-order valence-corrected chi connectivity index (χ0v) is 12.5. The Hall–Kier alpha value is -0.490. The molecule has 1 N–H and O–H groups in total. The van der Waals surface area contributed by atoms with Crippen LogP contribution in [-0.2, 0) is 9.47 Å². The molecule has 1 atom stereocenters. The van der Waals surface area contributed by atoms with Crippen LogP contribution in [0.15, 0.2) is 11.6 Å². The van der Waals surface area contributed by atoms with Crippen molar-refractivity contribution in [1.29, 1.82) is 0 Å². The topological polar surface area (TPSA) is 43.4 Å². The first-order valence-corrected chi connectivity index (χ1v) is 8.66. The number of nitrogens with zero attached hydrogens (tertiary/aromatic N) is 1. The van der Waals surface area contributed by atoms with Gasteiger partial charge in [0.2, 0.25) is 0 Å². The smallest absolute Gasteiger partial charge is 0.168 e. The minimum absolute atomic E-state index is 0.242. The lowest BCUT2D eigenvalue weighted by atomic mass is 9.89. The fourth-order valence-corrected chi connectivity index (χ4v) is 4.28. The summed E-state index contributed by atoms with van der Waals surface area (Å²) in [5, 5.41) is 7.21. The molecule has 1 aromatic rings. The Balaban J connectivity index is 1.37. The summed E-state index contributed by atoms with van der Waals surface area (Å²) in [4.78, 5) is 4.52. The Labute approximate surface area is 123 Å². The Morgan fingerprint density at radius 1 is 1.20 bits per heavy atom. The molecule has 2 heterocycles. The fraction of sp³-hybridized carbons (Fsp3) is 0.800. The second-order valence-corrected chi connectivity index (χ2v) is 7.16. The van der Waals surface area contributed by atoms with Gasteiger partial charge in [-0.3, -0.25) is 0 Å². The number of hydrogen-bond acceptors (Lipinski definition) is 5. The van der Waals surface area contributed by atoms with Gasteiger partial charge in [-0.15, -0.1) is 11.3 Å². The SMILES string of the molecule is c1csc(C(NC2CCC3(CC2)OCCO3)C2CC2)n1. The Morgan fingerprint density at radius 3 is 2.55 bits per heavy atom. The van der Waals surface area contributed by atoms with Crippen LogP contribution in [0.25, 0.3) is 0 Å². The average Bonchev–Trinajstić information content (AvgIpc) is 2.99. The standard InChI is InChI=1S/C15H22N2O2S/c1-2-11(1)13(14-16-7-10-20-14)17-12-3-5-15(6-4-12)18-8-9-19-15/h7,10-13,17H,1-6,8-9H2. The van der Waals surface area contributed by atoms with Gasteiger partial charge >= 0.3 is 0 Å². The van der Waals surface area contributed by atoms with E-state index < -0.39 is 0 Å². The van der Waals surface area contributed by atoms with Crippen molar-refractivity contribution in [3.05, 3.63) is 16.6 Å². The predicted octanol–water partition coefficient (Wildman–Crippen LogP) is 2.87. The van der Waals surface area contributed by atoms with Crippen LogP contribution in [0.3, 0.4) is 0 Å². The summed E-state index contributed by atoms with van der Waals surface area (Å²) in [6.07, 6.45) is 8.97. The van der Waals surface area contributed by atoms with E-state index in [1.54, 1.807) is 11.3 Å². The molecule has 0 bridgehead atoms. The van der Waals surface area contributed by atoms with Gasteiger partial charge < -0.3 is 14.8 Å². The van der Waals surface area contributed by atoms with Crippen LogP contribution in [0.1, 0.15) is 49.6 Å². The van der Waals surface area contributed by atoms with E-state index in [9.17, 15) is 0 Å². The summed E-state index contributed by atoms with van der Waals surface area (Å²) in [5.74, 6) is 0.560. The number of rotatable bonds is 4. The van der Waals surface area contributed by atoms with Crippen LogP contribution >= 0.6 is 11.3 Å². The Bertz CT molecular complexity index is 431. The number of thiazole rings is 1. The van der Waals surface area contributed by atoms with Crippen molar-refractivity contribution < 1.29 is 9.47 Å². The Kier molecular flexibility index (Phi) is 3.54. The van der Waals surface area contributed by atoms with Crippen molar-refractivity contribution in [2.45, 2.75) is 56.4 Å². The first-order chi connectivity index (χ1) is 9.85. The second kappa shape index (κ2) is 5.37. The van der Waals surface area contributed by atoms with Crippen LogP contribution in [0.5, 0.6) is 0 Å². The van der Waals surface area contributed by atoms with Gasteiger partial charge in [0, 0.05) is 30.5 Å². The van der Waals surface area contributed by atoms with Crippen LogP contribution in [0.4, 0.5) is 0 Å². The van der Waals surface area contributed by atoms with Crippen molar-refractivity contribution in [2.75, 3.05) is 13.2 Å². The van der Waals surface area contributed by atoms with Gasteiger partial charge in [0.25, 0.3) is 0 Å². The minimum atomic E-state index is -0.242. The highest BCUT2D eigenvalue weighted by molar-refractivity contribution is 7.09. The first kappa shape index (κ1) is 13.2. The molecule has 110 valence electrons. The molecule has 2 saturated carbocycles. The molecule has 0 amide bonds. The highest BCUT2D eigenvalue weighted by atomic mass is 32.1. The third-order valence-corrected chi connectivity index (χ3v) is 5.65. The monoisotopic (exact) mass is 294 g/mol. The van der Waals surface area contributed by atoms with Gasteiger partial charge in [-0.25, -0.2) is 4.98 Å². The maximum Gasteiger partial charge on any atom is 0.168 e. The first-order valence-electron chi connectivity index (χ1n) is 7.78. The Morgan fingerprint density at radius 2 is 1.95 bits per heavy atom. The van der Waals surface area contributed by atoms with Gasteiger partial charge in [-0.2, -0.15) is 0 Å². The normalized spacial score (nSPS) is 28.0. The van der Waals surface area contributed by atoms with Crippen molar-refractivity contribution in [3.8, 4) is 0 Å². The lowest BCUT2D eigenvalue weighted by Crippen LogP contribution is -2.43. The minimum Gasteiger partial charge on any atom is -0.348 e. The predicted molar refractivity (Wildman–Crippen MR) is 77.6 cm³/mol. The van der Waals surface area contributed by atoms with E-state index in [1.807, 2.05) is 6.20 Å². The van der Waals surface area contributed by atoms with Crippen LogP contribution in [0.2, 0.25) is 0 Å². The van der Waals surface area contributed by atoms with Gasteiger partial charge in [-0.1, -0.05) is 0 Å². The second-order valence-electron chi connectivity index (χ2n) is 6.23. The number of nitrogens with one attached hydrogen (secondary N) is 1. The maximum atomic E-state index is 5.81. The van der Waals surface area contributed by atoms with Gasteiger partial charge in [0.15, 0.2) is 5.79 Å². The third kappa shape index (κ3) is 2.64. The zero-order chi connectivity index (χ0) is 13.4. The maximum absolute atomic E-state index is 5.81. The molecule has 1 saturated heterocycles. The molecule has 20 heavy (non-hydrogen) atoms. The summed E-state index contributed by atoms with van der Waals surface area (Å²) < 4.78 is 11.6. The van der Waals surface area contributed by atoms with Crippen molar-refractivity contribution in [1.82, 2.24) is 10.3 Å². The summed E-state index contributed by atoms with van der Waals surface area (Å²) in [6.45, 7) is 1.53. The molecule has 3 aliphatic rings. The molecule has 4 nitrogen and oxygen atoms in total. The molecule has 4 rings (SSSR count). The van der Waals surface area contributed by atoms with E-state index in [4.69, 9.17) is 9.47 Å². The third-order valence-electron chi connectivity index (χ3n) is 4.79. The van der Waals surface area contributed by atoms with E-state index in [0.717, 1.165) is 44.8 Å². The van der Waals surface area contributed by atoms with Crippen molar-refractivity contribution in [3.63, 3.8) is 0 Å². The average molecular weight is 294 g/mol. The lowest BCUT2D eigenvalue weighted by molar-refractivity contribution is -0.179. The van der Waals surface area contributed by atoms with Gasteiger partial charge in [-0.05, 0) is 31.6 Å².